The third kappa shape index (κ3) is 2.76. The zero-order valence-electron chi connectivity index (χ0n) is 12.1. The minimum atomic E-state index is -0.429. The van der Waals surface area contributed by atoms with Gasteiger partial charge in [-0.15, -0.1) is 0 Å². The Balaban J connectivity index is 2.28. The summed E-state index contributed by atoms with van der Waals surface area (Å²) in [6, 6.07) is 7.12. The van der Waals surface area contributed by atoms with E-state index in [4.69, 9.17) is 4.74 Å². The molecule has 1 aliphatic rings. The normalized spacial score (nSPS) is 19.2. The predicted molar refractivity (Wildman–Crippen MR) is 75.2 cm³/mol. The molecule has 1 aromatic carbocycles. The van der Waals surface area contributed by atoms with Crippen molar-refractivity contribution in [2.75, 3.05) is 13.7 Å². The summed E-state index contributed by atoms with van der Waals surface area (Å²) < 4.78 is 5.31. The Morgan fingerprint density at radius 3 is 2.70 bits per heavy atom. The fourth-order valence-corrected chi connectivity index (χ4v) is 2.53. The fraction of sp³-hybridized carbons (Fsp3) is 0.467. The lowest BCUT2D eigenvalue weighted by Crippen LogP contribution is -2.59. The van der Waals surface area contributed by atoms with Crippen LogP contribution in [-0.2, 0) is 16.1 Å². The molecule has 0 saturated carbocycles. The first kappa shape index (κ1) is 14.4. The summed E-state index contributed by atoms with van der Waals surface area (Å²) in [5.74, 6) is 0.645. The van der Waals surface area contributed by atoms with E-state index in [9.17, 15) is 9.59 Å². The summed E-state index contributed by atoms with van der Waals surface area (Å²) >= 11 is 0. The van der Waals surface area contributed by atoms with E-state index < -0.39 is 6.04 Å². The smallest absolute Gasteiger partial charge is 0.243 e. The van der Waals surface area contributed by atoms with Crippen LogP contribution in [0, 0.1) is 5.92 Å². The van der Waals surface area contributed by atoms with Crippen molar-refractivity contribution in [1.29, 1.82) is 0 Å². The summed E-state index contributed by atoms with van der Waals surface area (Å²) in [4.78, 5) is 25.8. The van der Waals surface area contributed by atoms with E-state index >= 15 is 0 Å². The molecule has 0 bridgehead atoms. The third-order valence-corrected chi connectivity index (χ3v) is 3.50. The number of carbonyl (C=O) groups excluding carboxylic acids is 2. The lowest BCUT2D eigenvalue weighted by Gasteiger charge is -2.37. The van der Waals surface area contributed by atoms with Gasteiger partial charge in [0.2, 0.25) is 11.8 Å². The number of para-hydroxylation sites is 1. The number of hydrogen-bond acceptors (Lipinski definition) is 3. The van der Waals surface area contributed by atoms with Crippen molar-refractivity contribution in [2.45, 2.75) is 26.4 Å². The Bertz CT molecular complexity index is 514. The molecule has 1 aliphatic heterocycles. The Hall–Kier alpha value is -2.04. The Labute approximate surface area is 118 Å². The van der Waals surface area contributed by atoms with Gasteiger partial charge in [0.15, 0.2) is 0 Å². The number of rotatable bonds is 4. The molecule has 1 heterocycles. The molecular weight excluding hydrogens is 256 g/mol. The van der Waals surface area contributed by atoms with Gasteiger partial charge in [-0.1, -0.05) is 32.0 Å². The maximum absolute atomic E-state index is 12.1. The molecule has 0 aliphatic carbocycles. The van der Waals surface area contributed by atoms with Crippen molar-refractivity contribution in [3.63, 3.8) is 0 Å². The van der Waals surface area contributed by atoms with Crippen LogP contribution in [0.1, 0.15) is 19.4 Å². The SMILES string of the molecule is COc1ccccc1CN1C(=O)CNC(=O)C1C(C)C. The molecule has 1 N–H and O–H groups in total. The Kier molecular flexibility index (Phi) is 4.27. The van der Waals surface area contributed by atoms with Gasteiger partial charge in [0.1, 0.15) is 11.8 Å². The minimum absolute atomic E-state index is 0.0609. The number of hydrogen-bond donors (Lipinski definition) is 1. The number of carbonyl (C=O) groups is 2. The molecule has 108 valence electrons. The quantitative estimate of drug-likeness (QED) is 0.898. The van der Waals surface area contributed by atoms with Crippen molar-refractivity contribution in [1.82, 2.24) is 10.2 Å². The molecule has 1 atom stereocenters. The molecule has 20 heavy (non-hydrogen) atoms. The van der Waals surface area contributed by atoms with E-state index in [1.807, 2.05) is 38.1 Å². The highest BCUT2D eigenvalue weighted by Crippen LogP contribution is 2.23. The van der Waals surface area contributed by atoms with Crippen LogP contribution in [0.2, 0.25) is 0 Å². The van der Waals surface area contributed by atoms with Crippen LogP contribution in [0.25, 0.3) is 0 Å². The highest BCUT2D eigenvalue weighted by molar-refractivity contribution is 5.95. The molecule has 5 heteroatoms. The molecule has 2 rings (SSSR count). The van der Waals surface area contributed by atoms with E-state index in [0.717, 1.165) is 11.3 Å². The minimum Gasteiger partial charge on any atom is -0.496 e. The lowest BCUT2D eigenvalue weighted by molar-refractivity contribution is -0.148. The maximum atomic E-state index is 12.1. The van der Waals surface area contributed by atoms with Gasteiger partial charge in [-0.3, -0.25) is 9.59 Å². The first-order valence-electron chi connectivity index (χ1n) is 6.73. The van der Waals surface area contributed by atoms with Crippen LogP contribution in [0.4, 0.5) is 0 Å². The highest BCUT2D eigenvalue weighted by Gasteiger charge is 2.36. The summed E-state index contributed by atoms with van der Waals surface area (Å²) in [5, 5.41) is 2.65. The summed E-state index contributed by atoms with van der Waals surface area (Å²) in [6.45, 7) is 4.34. The average Bonchev–Trinajstić information content (AvgIpc) is 2.43. The van der Waals surface area contributed by atoms with Crippen LogP contribution < -0.4 is 10.1 Å². The molecule has 1 unspecified atom stereocenters. The molecule has 0 radical (unpaired) electrons. The van der Waals surface area contributed by atoms with Crippen LogP contribution in [0.3, 0.4) is 0 Å². The van der Waals surface area contributed by atoms with Crippen LogP contribution in [0.15, 0.2) is 24.3 Å². The van der Waals surface area contributed by atoms with Crippen LogP contribution >= 0.6 is 0 Å². The van der Waals surface area contributed by atoms with Gasteiger partial charge in [0, 0.05) is 5.56 Å². The topological polar surface area (TPSA) is 58.6 Å². The third-order valence-electron chi connectivity index (χ3n) is 3.50. The molecule has 2 amide bonds. The van der Waals surface area contributed by atoms with E-state index in [2.05, 4.69) is 5.32 Å². The Morgan fingerprint density at radius 2 is 2.05 bits per heavy atom. The zero-order valence-corrected chi connectivity index (χ0v) is 12.1. The fourth-order valence-electron chi connectivity index (χ4n) is 2.53. The molecule has 1 saturated heterocycles. The van der Waals surface area contributed by atoms with Crippen LogP contribution in [-0.4, -0.2) is 36.4 Å². The van der Waals surface area contributed by atoms with E-state index in [0.29, 0.717) is 6.54 Å². The van der Waals surface area contributed by atoms with Gasteiger partial charge in [-0.2, -0.15) is 0 Å². The maximum Gasteiger partial charge on any atom is 0.243 e. The number of methoxy groups -OCH3 is 1. The van der Waals surface area contributed by atoms with Crippen molar-refractivity contribution < 1.29 is 14.3 Å². The first-order chi connectivity index (χ1) is 9.54. The van der Waals surface area contributed by atoms with Gasteiger partial charge in [0.05, 0.1) is 20.2 Å². The number of piperazine rings is 1. The van der Waals surface area contributed by atoms with Crippen molar-refractivity contribution >= 4 is 11.8 Å². The molecular formula is C15H20N2O3. The largest absolute Gasteiger partial charge is 0.496 e. The molecule has 0 aromatic heterocycles. The number of nitrogens with zero attached hydrogens (tertiary/aromatic N) is 1. The van der Waals surface area contributed by atoms with Gasteiger partial charge in [0.25, 0.3) is 0 Å². The lowest BCUT2D eigenvalue weighted by atomic mass is 9.98. The van der Waals surface area contributed by atoms with Crippen LogP contribution in [0.5, 0.6) is 5.75 Å². The van der Waals surface area contributed by atoms with Crippen molar-refractivity contribution in [2.24, 2.45) is 5.92 Å². The highest BCUT2D eigenvalue weighted by atomic mass is 16.5. The second-order valence-corrected chi connectivity index (χ2v) is 5.24. The van der Waals surface area contributed by atoms with Gasteiger partial charge in [-0.05, 0) is 12.0 Å². The summed E-state index contributed by atoms with van der Waals surface area (Å²) in [7, 11) is 1.60. The van der Waals surface area contributed by atoms with E-state index in [1.165, 1.54) is 0 Å². The Morgan fingerprint density at radius 1 is 1.35 bits per heavy atom. The van der Waals surface area contributed by atoms with Crippen molar-refractivity contribution in [3.8, 4) is 5.75 Å². The number of nitrogens with one attached hydrogen (secondary N) is 1. The predicted octanol–water partition coefficient (Wildman–Crippen LogP) is 1.18. The van der Waals surface area contributed by atoms with Gasteiger partial charge < -0.3 is 15.0 Å². The summed E-state index contributed by atoms with van der Waals surface area (Å²) in [5.41, 5.74) is 0.906. The number of benzene rings is 1. The van der Waals surface area contributed by atoms with Gasteiger partial charge >= 0.3 is 0 Å². The van der Waals surface area contributed by atoms with Gasteiger partial charge in [-0.25, -0.2) is 0 Å². The molecule has 1 aromatic rings. The number of ether oxygens (including phenoxy) is 1. The average molecular weight is 276 g/mol. The number of amides is 2. The second-order valence-electron chi connectivity index (χ2n) is 5.24. The molecule has 1 fully saturated rings. The van der Waals surface area contributed by atoms with E-state index in [-0.39, 0.29) is 24.3 Å². The molecule has 0 spiro atoms. The second kappa shape index (κ2) is 5.94. The first-order valence-corrected chi connectivity index (χ1v) is 6.73. The monoisotopic (exact) mass is 276 g/mol. The van der Waals surface area contributed by atoms with E-state index in [1.54, 1.807) is 12.0 Å². The standard InChI is InChI=1S/C15H20N2O3/c1-10(2)14-15(19)16-8-13(18)17(14)9-11-6-4-5-7-12(11)20-3/h4-7,10,14H,8-9H2,1-3H3,(H,16,19). The zero-order chi connectivity index (χ0) is 14.7. The molecule has 5 nitrogen and oxygen atoms in total. The van der Waals surface area contributed by atoms with Crippen molar-refractivity contribution in [3.05, 3.63) is 29.8 Å². The summed E-state index contributed by atoms with van der Waals surface area (Å²) in [6.07, 6.45) is 0.